The molecule has 0 unspecified atom stereocenters. The summed E-state index contributed by atoms with van der Waals surface area (Å²) in [6, 6.07) is 7.92. The van der Waals surface area contributed by atoms with E-state index in [2.05, 4.69) is 32.1 Å². The van der Waals surface area contributed by atoms with E-state index in [1.54, 1.807) is 0 Å². The van der Waals surface area contributed by atoms with Crippen LogP contribution in [0.4, 0.5) is 17.5 Å². The number of anilines is 3. The summed E-state index contributed by atoms with van der Waals surface area (Å²) >= 11 is 6.18. The predicted molar refractivity (Wildman–Crippen MR) is 96.0 cm³/mol. The molecule has 23 heavy (non-hydrogen) atoms. The fourth-order valence-corrected chi connectivity index (χ4v) is 2.79. The molecule has 5 nitrogen and oxygen atoms in total. The Hall–Kier alpha value is -1.85. The van der Waals surface area contributed by atoms with E-state index in [1.807, 2.05) is 38.1 Å². The Labute approximate surface area is 142 Å². The summed E-state index contributed by atoms with van der Waals surface area (Å²) in [5.41, 5.74) is 2.91. The molecule has 0 spiro atoms. The molecule has 6 heteroatoms. The van der Waals surface area contributed by atoms with Crippen LogP contribution in [0.25, 0.3) is 0 Å². The maximum Gasteiger partial charge on any atom is 0.229 e. The van der Waals surface area contributed by atoms with Gasteiger partial charge in [-0.05, 0) is 38.6 Å². The molecule has 1 aliphatic heterocycles. The lowest BCUT2D eigenvalue weighted by Gasteiger charge is -2.33. The highest BCUT2D eigenvalue weighted by Crippen LogP contribution is 2.23. The van der Waals surface area contributed by atoms with Crippen molar-refractivity contribution < 1.29 is 0 Å². The third-order valence-corrected chi connectivity index (χ3v) is 4.50. The molecule has 1 aliphatic rings. The number of likely N-dealkylation sites (N-methyl/N-ethyl adjacent to an activating group) is 1. The number of nitrogens with one attached hydrogen (secondary N) is 1. The largest absolute Gasteiger partial charge is 0.354 e. The van der Waals surface area contributed by atoms with E-state index in [4.69, 9.17) is 11.6 Å². The fourth-order valence-electron chi connectivity index (χ4n) is 2.61. The van der Waals surface area contributed by atoms with Crippen molar-refractivity contribution in [3.63, 3.8) is 0 Å². The van der Waals surface area contributed by atoms with E-state index in [1.165, 1.54) is 0 Å². The van der Waals surface area contributed by atoms with Gasteiger partial charge in [0.15, 0.2) is 0 Å². The zero-order chi connectivity index (χ0) is 16.4. The predicted octanol–water partition coefficient (Wildman–Crippen LogP) is 3.24. The van der Waals surface area contributed by atoms with Crippen LogP contribution < -0.4 is 10.2 Å². The average molecular weight is 332 g/mol. The van der Waals surface area contributed by atoms with Crippen molar-refractivity contribution in [2.75, 3.05) is 43.4 Å². The second kappa shape index (κ2) is 6.72. The summed E-state index contributed by atoms with van der Waals surface area (Å²) in [4.78, 5) is 13.8. The standard InChI is InChI=1S/C17H22ClN5/c1-12-4-5-14(11-15(12)18)20-17-19-13(2)10-16(21-17)23-8-6-22(3)7-9-23/h4-5,10-11H,6-9H2,1-3H3,(H,19,20,21). The molecular weight excluding hydrogens is 310 g/mol. The minimum atomic E-state index is 0.610. The highest BCUT2D eigenvalue weighted by molar-refractivity contribution is 6.31. The zero-order valence-electron chi connectivity index (χ0n) is 13.8. The quantitative estimate of drug-likeness (QED) is 0.935. The lowest BCUT2D eigenvalue weighted by Crippen LogP contribution is -2.44. The normalized spacial score (nSPS) is 15.7. The first-order valence-electron chi connectivity index (χ1n) is 7.83. The van der Waals surface area contributed by atoms with Gasteiger partial charge in [0.1, 0.15) is 5.82 Å². The van der Waals surface area contributed by atoms with Crippen LogP contribution in [0.3, 0.4) is 0 Å². The first-order valence-corrected chi connectivity index (χ1v) is 8.21. The second-order valence-electron chi connectivity index (χ2n) is 6.07. The molecule has 0 atom stereocenters. The number of nitrogens with zero attached hydrogens (tertiary/aromatic N) is 4. The topological polar surface area (TPSA) is 44.3 Å². The highest BCUT2D eigenvalue weighted by Gasteiger charge is 2.16. The van der Waals surface area contributed by atoms with Gasteiger partial charge >= 0.3 is 0 Å². The SMILES string of the molecule is Cc1cc(N2CCN(C)CC2)nc(Nc2ccc(C)c(Cl)c2)n1. The van der Waals surface area contributed by atoms with Gasteiger partial charge in [0.25, 0.3) is 0 Å². The van der Waals surface area contributed by atoms with Gasteiger partial charge in [-0.1, -0.05) is 17.7 Å². The Bertz CT molecular complexity index is 695. The van der Waals surface area contributed by atoms with Crippen LogP contribution in [0.15, 0.2) is 24.3 Å². The molecule has 2 heterocycles. The summed E-state index contributed by atoms with van der Waals surface area (Å²) < 4.78 is 0. The Kier molecular flexibility index (Phi) is 4.68. The second-order valence-corrected chi connectivity index (χ2v) is 6.48. The summed E-state index contributed by atoms with van der Waals surface area (Å²) in [7, 11) is 2.15. The molecule has 1 aromatic heterocycles. The minimum absolute atomic E-state index is 0.610. The van der Waals surface area contributed by atoms with E-state index in [-0.39, 0.29) is 0 Å². The Morgan fingerprint density at radius 2 is 1.78 bits per heavy atom. The molecule has 1 fully saturated rings. The third-order valence-electron chi connectivity index (χ3n) is 4.10. The van der Waals surface area contributed by atoms with E-state index in [9.17, 15) is 0 Å². The number of piperazine rings is 1. The first-order chi connectivity index (χ1) is 11.0. The van der Waals surface area contributed by atoms with Crippen LogP contribution in [0.2, 0.25) is 5.02 Å². The molecule has 1 aromatic carbocycles. The Balaban J connectivity index is 1.81. The van der Waals surface area contributed by atoms with Crippen LogP contribution in [0.1, 0.15) is 11.3 Å². The minimum Gasteiger partial charge on any atom is -0.354 e. The zero-order valence-corrected chi connectivity index (χ0v) is 14.6. The summed E-state index contributed by atoms with van der Waals surface area (Å²) in [5, 5.41) is 4.00. The molecular formula is C17H22ClN5. The average Bonchev–Trinajstić information content (AvgIpc) is 2.51. The number of aromatic nitrogens is 2. The monoisotopic (exact) mass is 331 g/mol. The third kappa shape index (κ3) is 3.92. The van der Waals surface area contributed by atoms with Crippen molar-refractivity contribution in [3.05, 3.63) is 40.5 Å². The van der Waals surface area contributed by atoms with E-state index < -0.39 is 0 Å². The Morgan fingerprint density at radius 3 is 2.48 bits per heavy atom. The molecule has 0 saturated carbocycles. The summed E-state index contributed by atoms with van der Waals surface area (Å²) in [6.07, 6.45) is 0. The fraction of sp³-hybridized carbons (Fsp3) is 0.412. The van der Waals surface area contributed by atoms with Gasteiger partial charge in [-0.2, -0.15) is 4.98 Å². The Morgan fingerprint density at radius 1 is 1.04 bits per heavy atom. The lowest BCUT2D eigenvalue weighted by atomic mass is 10.2. The smallest absolute Gasteiger partial charge is 0.229 e. The van der Waals surface area contributed by atoms with Crippen LogP contribution in [-0.2, 0) is 0 Å². The van der Waals surface area contributed by atoms with E-state index in [0.717, 1.165) is 54.0 Å². The van der Waals surface area contributed by atoms with Gasteiger partial charge in [-0.15, -0.1) is 0 Å². The molecule has 1 N–H and O–H groups in total. The van der Waals surface area contributed by atoms with Gasteiger partial charge < -0.3 is 15.1 Å². The van der Waals surface area contributed by atoms with Gasteiger partial charge in [0.05, 0.1) is 0 Å². The van der Waals surface area contributed by atoms with Crippen LogP contribution in [-0.4, -0.2) is 48.1 Å². The van der Waals surface area contributed by atoms with Crippen molar-refractivity contribution in [3.8, 4) is 0 Å². The number of aryl methyl sites for hydroxylation is 2. The van der Waals surface area contributed by atoms with Crippen LogP contribution >= 0.6 is 11.6 Å². The van der Waals surface area contributed by atoms with Crippen LogP contribution in [0, 0.1) is 13.8 Å². The van der Waals surface area contributed by atoms with E-state index >= 15 is 0 Å². The van der Waals surface area contributed by atoms with Crippen molar-refractivity contribution in [1.82, 2.24) is 14.9 Å². The maximum absolute atomic E-state index is 6.18. The van der Waals surface area contributed by atoms with Crippen molar-refractivity contribution in [2.45, 2.75) is 13.8 Å². The number of halogens is 1. The number of hydrogen-bond donors (Lipinski definition) is 1. The maximum atomic E-state index is 6.18. The number of hydrogen-bond acceptors (Lipinski definition) is 5. The first kappa shape index (κ1) is 16.0. The van der Waals surface area contributed by atoms with Crippen molar-refractivity contribution in [2.24, 2.45) is 0 Å². The lowest BCUT2D eigenvalue weighted by molar-refractivity contribution is 0.312. The van der Waals surface area contributed by atoms with E-state index in [0.29, 0.717) is 5.95 Å². The van der Waals surface area contributed by atoms with Crippen molar-refractivity contribution >= 4 is 29.1 Å². The summed E-state index contributed by atoms with van der Waals surface area (Å²) in [5.74, 6) is 1.59. The van der Waals surface area contributed by atoms with Gasteiger partial charge in [-0.3, -0.25) is 0 Å². The molecule has 1 saturated heterocycles. The van der Waals surface area contributed by atoms with Gasteiger partial charge in [-0.25, -0.2) is 4.98 Å². The number of rotatable bonds is 3. The molecule has 0 bridgehead atoms. The molecule has 122 valence electrons. The van der Waals surface area contributed by atoms with Gasteiger partial charge in [0, 0.05) is 48.6 Å². The molecule has 3 rings (SSSR count). The van der Waals surface area contributed by atoms with Crippen molar-refractivity contribution in [1.29, 1.82) is 0 Å². The van der Waals surface area contributed by atoms with Crippen LogP contribution in [0.5, 0.6) is 0 Å². The number of benzene rings is 1. The highest BCUT2D eigenvalue weighted by atomic mass is 35.5. The molecule has 2 aromatic rings. The molecule has 0 aliphatic carbocycles. The molecule has 0 radical (unpaired) electrons. The molecule has 0 amide bonds. The summed E-state index contributed by atoms with van der Waals surface area (Å²) in [6.45, 7) is 8.07. The van der Waals surface area contributed by atoms with Gasteiger partial charge in [0.2, 0.25) is 5.95 Å².